The molecule has 1 rings (SSSR count). The number of aryl methyl sites for hydroxylation is 1. The number of nitro benzene ring substituents is 1. The van der Waals surface area contributed by atoms with Crippen LogP contribution in [0.3, 0.4) is 0 Å². The molecule has 1 aromatic carbocycles. The molecule has 0 saturated carbocycles. The van der Waals surface area contributed by atoms with Gasteiger partial charge in [0.05, 0.1) is 4.92 Å². The van der Waals surface area contributed by atoms with Crippen molar-refractivity contribution in [3.8, 4) is 0 Å². The molecule has 0 radical (unpaired) electrons. The summed E-state index contributed by atoms with van der Waals surface area (Å²) >= 11 is 8.91. The summed E-state index contributed by atoms with van der Waals surface area (Å²) in [7, 11) is 0. The molecule has 0 saturated heterocycles. The third kappa shape index (κ3) is 2.00. The lowest BCUT2D eigenvalue weighted by molar-refractivity contribution is -0.385. The molecule has 1 aromatic rings. The molecule has 0 N–H and O–H groups in total. The van der Waals surface area contributed by atoms with Gasteiger partial charge in [-0.25, -0.2) is 0 Å². The van der Waals surface area contributed by atoms with Gasteiger partial charge in [0.15, 0.2) is 0 Å². The predicted octanol–water partition coefficient (Wildman–Crippen LogP) is 3.45. The molecule has 0 bridgehead atoms. The third-order valence-corrected chi connectivity index (χ3v) is 2.65. The van der Waals surface area contributed by atoms with Gasteiger partial charge in [0.1, 0.15) is 5.02 Å². The van der Waals surface area contributed by atoms with Crippen LogP contribution in [0.15, 0.2) is 12.1 Å². The van der Waals surface area contributed by atoms with Crippen molar-refractivity contribution >= 4 is 33.2 Å². The number of nitrogens with zero attached hydrogens (tertiary/aromatic N) is 1. The summed E-state index contributed by atoms with van der Waals surface area (Å²) in [6.45, 7) is 1.82. The average Bonchev–Trinajstić information content (AvgIpc) is 2.07. The molecular weight excluding hydrogens is 257 g/mol. The predicted molar refractivity (Wildman–Crippen MR) is 55.5 cm³/mol. The van der Waals surface area contributed by atoms with Crippen LogP contribution in [0.4, 0.5) is 5.69 Å². The minimum Gasteiger partial charge on any atom is -0.258 e. The van der Waals surface area contributed by atoms with Gasteiger partial charge >= 0.3 is 0 Å². The number of nitro groups is 1. The average molecular weight is 265 g/mol. The first-order valence-electron chi connectivity index (χ1n) is 3.56. The van der Waals surface area contributed by atoms with Crippen molar-refractivity contribution in [1.29, 1.82) is 0 Å². The van der Waals surface area contributed by atoms with Crippen molar-refractivity contribution in [3.63, 3.8) is 0 Å². The number of alkyl halides is 1. The van der Waals surface area contributed by atoms with Crippen molar-refractivity contribution < 1.29 is 4.92 Å². The lowest BCUT2D eigenvalue weighted by atomic mass is 10.1. The van der Waals surface area contributed by atoms with E-state index in [1.54, 1.807) is 12.1 Å². The molecule has 0 spiro atoms. The number of benzene rings is 1. The minimum absolute atomic E-state index is 0.00135. The zero-order chi connectivity index (χ0) is 10.0. The van der Waals surface area contributed by atoms with Crippen molar-refractivity contribution in [2.45, 2.75) is 12.3 Å². The SMILES string of the molecule is Cc1ccc(Cl)c([N+](=O)[O-])c1CBr. The van der Waals surface area contributed by atoms with Crippen LogP contribution in [0.2, 0.25) is 5.02 Å². The molecule has 0 fully saturated rings. The van der Waals surface area contributed by atoms with E-state index >= 15 is 0 Å². The van der Waals surface area contributed by atoms with E-state index in [4.69, 9.17) is 11.6 Å². The van der Waals surface area contributed by atoms with Gasteiger partial charge in [0, 0.05) is 10.9 Å². The quantitative estimate of drug-likeness (QED) is 0.466. The molecular formula is C8H7BrClNO2. The van der Waals surface area contributed by atoms with Crippen LogP contribution in [-0.4, -0.2) is 4.92 Å². The highest BCUT2D eigenvalue weighted by molar-refractivity contribution is 9.08. The summed E-state index contributed by atoms with van der Waals surface area (Å²) in [5.74, 6) is 0. The summed E-state index contributed by atoms with van der Waals surface area (Å²) < 4.78 is 0. The minimum atomic E-state index is -0.452. The Morgan fingerprint density at radius 1 is 1.62 bits per heavy atom. The first-order chi connectivity index (χ1) is 6.07. The van der Waals surface area contributed by atoms with E-state index in [9.17, 15) is 10.1 Å². The van der Waals surface area contributed by atoms with E-state index < -0.39 is 4.92 Å². The monoisotopic (exact) mass is 263 g/mol. The van der Waals surface area contributed by atoms with E-state index in [1.807, 2.05) is 6.92 Å². The second-order valence-electron chi connectivity index (χ2n) is 2.58. The smallest absolute Gasteiger partial charge is 0.258 e. The van der Waals surface area contributed by atoms with Gasteiger partial charge in [-0.3, -0.25) is 10.1 Å². The second-order valence-corrected chi connectivity index (χ2v) is 3.55. The van der Waals surface area contributed by atoms with Gasteiger partial charge < -0.3 is 0 Å². The Labute approximate surface area is 89.0 Å². The van der Waals surface area contributed by atoms with E-state index in [1.165, 1.54) is 0 Å². The van der Waals surface area contributed by atoms with Crippen molar-refractivity contribution in [3.05, 3.63) is 38.4 Å². The molecule has 70 valence electrons. The Hall–Kier alpha value is -0.610. The fourth-order valence-electron chi connectivity index (χ4n) is 1.07. The number of rotatable bonds is 2. The molecule has 0 aromatic heterocycles. The largest absolute Gasteiger partial charge is 0.292 e. The van der Waals surface area contributed by atoms with Crippen LogP contribution in [0, 0.1) is 17.0 Å². The fraction of sp³-hybridized carbons (Fsp3) is 0.250. The molecule has 0 amide bonds. The first-order valence-corrected chi connectivity index (χ1v) is 5.06. The Morgan fingerprint density at radius 3 is 2.62 bits per heavy atom. The summed E-state index contributed by atoms with van der Waals surface area (Å²) in [4.78, 5) is 10.2. The van der Waals surface area contributed by atoms with E-state index in [-0.39, 0.29) is 10.7 Å². The first kappa shape index (κ1) is 10.5. The van der Waals surface area contributed by atoms with E-state index in [0.717, 1.165) is 5.56 Å². The standard InChI is InChI=1S/C8H7BrClNO2/c1-5-2-3-7(10)8(11(12)13)6(5)4-9/h2-3H,4H2,1H3. The molecule has 0 heterocycles. The van der Waals surface area contributed by atoms with Crippen molar-refractivity contribution in [1.82, 2.24) is 0 Å². The Bertz CT molecular complexity index is 354. The van der Waals surface area contributed by atoms with Crippen LogP contribution in [0.25, 0.3) is 0 Å². The Balaban J connectivity index is 3.43. The van der Waals surface area contributed by atoms with E-state index in [2.05, 4.69) is 15.9 Å². The van der Waals surface area contributed by atoms with Crippen LogP contribution < -0.4 is 0 Å². The Kier molecular flexibility index (Phi) is 3.27. The van der Waals surface area contributed by atoms with Gasteiger partial charge in [-0.2, -0.15) is 0 Å². The van der Waals surface area contributed by atoms with Gasteiger partial charge in [-0.15, -0.1) is 0 Å². The van der Waals surface area contributed by atoms with Crippen LogP contribution >= 0.6 is 27.5 Å². The maximum Gasteiger partial charge on any atom is 0.292 e. The zero-order valence-electron chi connectivity index (χ0n) is 6.88. The topological polar surface area (TPSA) is 43.1 Å². The lowest BCUT2D eigenvalue weighted by Gasteiger charge is -2.04. The maximum absolute atomic E-state index is 10.7. The number of halogens is 2. The molecule has 5 heteroatoms. The molecule has 13 heavy (non-hydrogen) atoms. The number of hydrogen-bond donors (Lipinski definition) is 0. The second kappa shape index (κ2) is 4.07. The van der Waals surface area contributed by atoms with Gasteiger partial charge in [-0.05, 0) is 18.6 Å². The van der Waals surface area contributed by atoms with Gasteiger partial charge in [-0.1, -0.05) is 33.6 Å². The molecule has 0 unspecified atom stereocenters. The third-order valence-electron chi connectivity index (χ3n) is 1.78. The highest BCUT2D eigenvalue weighted by atomic mass is 79.9. The van der Waals surface area contributed by atoms with Crippen molar-refractivity contribution in [2.75, 3.05) is 0 Å². The summed E-state index contributed by atoms with van der Waals surface area (Å²) in [6, 6.07) is 3.31. The van der Waals surface area contributed by atoms with Crippen LogP contribution in [-0.2, 0) is 5.33 Å². The Morgan fingerprint density at radius 2 is 2.23 bits per heavy atom. The molecule has 0 aliphatic rings. The van der Waals surface area contributed by atoms with Crippen LogP contribution in [0.1, 0.15) is 11.1 Å². The van der Waals surface area contributed by atoms with Crippen LogP contribution in [0.5, 0.6) is 0 Å². The van der Waals surface area contributed by atoms with E-state index in [0.29, 0.717) is 10.9 Å². The molecule has 0 aliphatic heterocycles. The lowest BCUT2D eigenvalue weighted by Crippen LogP contribution is -1.96. The highest BCUT2D eigenvalue weighted by Crippen LogP contribution is 2.31. The summed E-state index contributed by atoms with van der Waals surface area (Å²) in [6.07, 6.45) is 0. The maximum atomic E-state index is 10.7. The molecule has 3 nitrogen and oxygen atoms in total. The van der Waals surface area contributed by atoms with Gasteiger partial charge in [0.2, 0.25) is 0 Å². The molecule has 0 aliphatic carbocycles. The molecule has 0 atom stereocenters. The highest BCUT2D eigenvalue weighted by Gasteiger charge is 2.19. The number of hydrogen-bond acceptors (Lipinski definition) is 2. The summed E-state index contributed by atoms with van der Waals surface area (Å²) in [5.41, 5.74) is 1.50. The summed E-state index contributed by atoms with van der Waals surface area (Å²) in [5, 5.41) is 11.3. The van der Waals surface area contributed by atoms with Crippen molar-refractivity contribution in [2.24, 2.45) is 0 Å². The fourth-order valence-corrected chi connectivity index (χ4v) is 2.03. The zero-order valence-corrected chi connectivity index (χ0v) is 9.22. The van der Waals surface area contributed by atoms with Gasteiger partial charge in [0.25, 0.3) is 5.69 Å². The normalized spacial score (nSPS) is 10.1.